The predicted molar refractivity (Wildman–Crippen MR) is 78.2 cm³/mol. The van der Waals surface area contributed by atoms with Gasteiger partial charge in [0, 0.05) is 10.9 Å². The number of rotatable bonds is 6. The molecule has 2 unspecified atom stereocenters. The second-order valence-corrected chi connectivity index (χ2v) is 4.90. The maximum atomic E-state index is 12.0. The summed E-state index contributed by atoms with van der Waals surface area (Å²) < 4.78 is 15.0. The van der Waals surface area contributed by atoms with Crippen LogP contribution in [0, 0.1) is 5.92 Å². The van der Waals surface area contributed by atoms with E-state index >= 15 is 0 Å². The molecule has 5 nitrogen and oxygen atoms in total. The highest BCUT2D eigenvalue weighted by molar-refractivity contribution is 6.30. The molecule has 0 heterocycles. The van der Waals surface area contributed by atoms with E-state index in [4.69, 9.17) is 25.8 Å². The van der Waals surface area contributed by atoms with Crippen LogP contribution in [0.15, 0.2) is 24.3 Å². The van der Waals surface area contributed by atoms with Gasteiger partial charge in [-0.1, -0.05) is 25.4 Å². The highest BCUT2D eigenvalue weighted by atomic mass is 35.5. The molecule has 0 saturated carbocycles. The van der Waals surface area contributed by atoms with Crippen LogP contribution in [0.1, 0.15) is 37.6 Å². The summed E-state index contributed by atoms with van der Waals surface area (Å²) >= 11 is 5.76. The van der Waals surface area contributed by atoms with E-state index in [0.29, 0.717) is 17.0 Å². The van der Waals surface area contributed by atoms with Crippen molar-refractivity contribution < 1.29 is 23.8 Å². The van der Waals surface area contributed by atoms with Crippen LogP contribution < -0.4 is 0 Å². The van der Waals surface area contributed by atoms with Crippen molar-refractivity contribution >= 4 is 23.7 Å². The zero-order chi connectivity index (χ0) is 15.8. The Kier molecular flexibility index (Phi) is 7.02. The summed E-state index contributed by atoms with van der Waals surface area (Å²) in [7, 11) is 0. The number of ether oxygens (including phenoxy) is 3. The normalized spacial score (nSPS) is 13.1. The van der Waals surface area contributed by atoms with Gasteiger partial charge in [0.05, 0.1) is 12.2 Å². The summed E-state index contributed by atoms with van der Waals surface area (Å²) in [5.74, 6) is -0.730. The summed E-state index contributed by atoms with van der Waals surface area (Å²) in [6.07, 6.45) is -1.17. The van der Waals surface area contributed by atoms with Crippen LogP contribution in [0.5, 0.6) is 0 Å². The number of carbonyl (C=O) groups is 2. The van der Waals surface area contributed by atoms with E-state index < -0.39 is 18.4 Å². The first-order valence-electron chi connectivity index (χ1n) is 6.77. The van der Waals surface area contributed by atoms with E-state index in [-0.39, 0.29) is 12.5 Å². The molecule has 1 rings (SSSR count). The lowest BCUT2D eigenvalue weighted by atomic mass is 10.1. The smallest absolute Gasteiger partial charge is 0.435 e. The lowest BCUT2D eigenvalue weighted by Gasteiger charge is -2.22. The second-order valence-electron chi connectivity index (χ2n) is 4.47. The molecule has 0 radical (unpaired) electrons. The molecule has 0 amide bonds. The Morgan fingerprint density at radius 3 is 2.29 bits per heavy atom. The number of benzene rings is 1. The van der Waals surface area contributed by atoms with Crippen LogP contribution in [0.4, 0.5) is 4.79 Å². The van der Waals surface area contributed by atoms with Crippen LogP contribution >= 0.6 is 11.6 Å². The molecule has 21 heavy (non-hydrogen) atoms. The average Bonchev–Trinajstić information content (AvgIpc) is 2.46. The minimum Gasteiger partial charge on any atom is -0.435 e. The Bertz CT molecular complexity index is 471. The molecule has 0 aliphatic rings. The van der Waals surface area contributed by atoms with Crippen molar-refractivity contribution in [1.82, 2.24) is 0 Å². The molecule has 0 bridgehead atoms. The fraction of sp³-hybridized carbons (Fsp3) is 0.467. The van der Waals surface area contributed by atoms with E-state index in [1.807, 2.05) is 13.8 Å². The summed E-state index contributed by atoms with van der Waals surface area (Å²) in [6, 6.07) is 6.26. The first-order chi connectivity index (χ1) is 9.97. The zero-order valence-corrected chi connectivity index (χ0v) is 13.1. The molecule has 116 valence electrons. The van der Waals surface area contributed by atoms with Gasteiger partial charge < -0.3 is 14.2 Å². The number of carbonyl (C=O) groups excluding carboxylic acids is 2. The summed E-state index contributed by atoms with van der Waals surface area (Å²) in [6.45, 7) is 5.58. The fourth-order valence-electron chi connectivity index (χ4n) is 1.46. The van der Waals surface area contributed by atoms with Crippen molar-refractivity contribution in [3.8, 4) is 0 Å². The molecule has 2 atom stereocenters. The molecule has 0 aliphatic carbocycles. The quantitative estimate of drug-likeness (QED) is 0.585. The zero-order valence-electron chi connectivity index (χ0n) is 12.3. The van der Waals surface area contributed by atoms with Gasteiger partial charge in [0.15, 0.2) is 0 Å². The van der Waals surface area contributed by atoms with Crippen molar-refractivity contribution in [2.24, 2.45) is 5.92 Å². The van der Waals surface area contributed by atoms with Gasteiger partial charge in [0.25, 0.3) is 6.29 Å². The molecule has 0 spiro atoms. The second kappa shape index (κ2) is 8.52. The Balaban J connectivity index is 2.73. The van der Waals surface area contributed by atoms with Crippen molar-refractivity contribution in [1.29, 1.82) is 0 Å². The molecule has 0 N–H and O–H groups in total. The third-order valence-electron chi connectivity index (χ3n) is 2.89. The van der Waals surface area contributed by atoms with Gasteiger partial charge in [0.1, 0.15) is 0 Å². The molecule has 6 heteroatoms. The number of esters is 1. The Morgan fingerprint density at radius 2 is 1.76 bits per heavy atom. The SMILES string of the molecule is CCOC(=O)OC(OC(=O)c1ccc(Cl)cc1)C(C)CC. The van der Waals surface area contributed by atoms with E-state index in [0.717, 1.165) is 0 Å². The van der Waals surface area contributed by atoms with Crippen LogP contribution in [0.25, 0.3) is 0 Å². The van der Waals surface area contributed by atoms with Crippen molar-refractivity contribution in [2.45, 2.75) is 33.5 Å². The summed E-state index contributed by atoms with van der Waals surface area (Å²) in [5.41, 5.74) is 0.333. The van der Waals surface area contributed by atoms with Gasteiger partial charge in [-0.2, -0.15) is 0 Å². The Hall–Kier alpha value is -1.75. The minimum absolute atomic E-state index is 0.148. The first kappa shape index (κ1) is 17.3. The van der Waals surface area contributed by atoms with Gasteiger partial charge in [-0.3, -0.25) is 0 Å². The van der Waals surface area contributed by atoms with Crippen molar-refractivity contribution in [3.63, 3.8) is 0 Å². The van der Waals surface area contributed by atoms with Gasteiger partial charge in [0.2, 0.25) is 0 Å². The largest absolute Gasteiger partial charge is 0.511 e. The molecule has 1 aromatic carbocycles. The maximum Gasteiger partial charge on any atom is 0.511 e. The van der Waals surface area contributed by atoms with Crippen molar-refractivity contribution in [3.05, 3.63) is 34.9 Å². The predicted octanol–water partition coefficient (Wildman–Crippen LogP) is 4.04. The number of hydrogen-bond acceptors (Lipinski definition) is 5. The van der Waals surface area contributed by atoms with Gasteiger partial charge >= 0.3 is 12.1 Å². The van der Waals surface area contributed by atoms with Crippen LogP contribution in [0.3, 0.4) is 0 Å². The highest BCUT2D eigenvalue weighted by Gasteiger charge is 2.25. The standard InChI is InChI=1S/C15H19ClO5/c1-4-10(3)14(21-15(18)19-5-2)20-13(17)11-6-8-12(16)9-7-11/h6-10,14H,4-5H2,1-3H3. The van der Waals surface area contributed by atoms with Crippen molar-refractivity contribution in [2.75, 3.05) is 6.61 Å². The fourth-order valence-corrected chi connectivity index (χ4v) is 1.58. The van der Waals surface area contributed by atoms with Crippen LogP contribution in [0.2, 0.25) is 5.02 Å². The lowest BCUT2D eigenvalue weighted by molar-refractivity contribution is -0.117. The molecular weight excluding hydrogens is 296 g/mol. The van der Waals surface area contributed by atoms with Gasteiger partial charge in [-0.15, -0.1) is 0 Å². The molecular formula is C15H19ClO5. The molecule has 0 aromatic heterocycles. The van der Waals surface area contributed by atoms with E-state index in [1.165, 1.54) is 0 Å². The van der Waals surface area contributed by atoms with Crippen LogP contribution in [-0.4, -0.2) is 25.0 Å². The van der Waals surface area contributed by atoms with Crippen LogP contribution in [-0.2, 0) is 14.2 Å². The van der Waals surface area contributed by atoms with E-state index in [1.54, 1.807) is 31.2 Å². The third kappa shape index (κ3) is 5.63. The number of hydrogen-bond donors (Lipinski definition) is 0. The van der Waals surface area contributed by atoms with Gasteiger partial charge in [-0.25, -0.2) is 9.59 Å². The monoisotopic (exact) mass is 314 g/mol. The molecule has 0 saturated heterocycles. The lowest BCUT2D eigenvalue weighted by Crippen LogP contribution is -2.30. The molecule has 0 aliphatic heterocycles. The minimum atomic E-state index is -0.989. The Labute approximate surface area is 129 Å². The van der Waals surface area contributed by atoms with E-state index in [2.05, 4.69) is 0 Å². The number of halogens is 1. The highest BCUT2D eigenvalue weighted by Crippen LogP contribution is 2.17. The van der Waals surface area contributed by atoms with E-state index in [9.17, 15) is 9.59 Å². The maximum absolute atomic E-state index is 12.0. The molecule has 0 fully saturated rings. The van der Waals surface area contributed by atoms with Gasteiger partial charge in [-0.05, 0) is 37.6 Å². The Morgan fingerprint density at radius 1 is 1.14 bits per heavy atom. The average molecular weight is 315 g/mol. The summed E-state index contributed by atoms with van der Waals surface area (Å²) in [4.78, 5) is 23.4. The summed E-state index contributed by atoms with van der Waals surface area (Å²) in [5, 5.41) is 0.521. The molecule has 1 aromatic rings. The third-order valence-corrected chi connectivity index (χ3v) is 3.14. The first-order valence-corrected chi connectivity index (χ1v) is 7.15. The topological polar surface area (TPSA) is 61.8 Å².